The van der Waals surface area contributed by atoms with Crippen LogP contribution in [0.4, 0.5) is 0 Å². The molecule has 20 heavy (non-hydrogen) atoms. The quantitative estimate of drug-likeness (QED) is 0.728. The zero-order valence-electron chi connectivity index (χ0n) is 12.9. The maximum Gasteiger partial charge on any atom is 0.247 e. The van der Waals surface area contributed by atoms with Crippen molar-refractivity contribution in [1.29, 1.82) is 0 Å². The normalized spacial score (nSPS) is 20.1. The molecule has 4 heteroatoms. The fraction of sp³-hybridized carbons (Fsp3) is 0.625. The number of carbonyl (C=O) groups is 2. The lowest BCUT2D eigenvalue weighted by atomic mass is 9.88. The van der Waals surface area contributed by atoms with Gasteiger partial charge in [-0.2, -0.15) is 0 Å². The first-order valence-electron chi connectivity index (χ1n) is 7.31. The van der Waals surface area contributed by atoms with E-state index in [1.54, 1.807) is 11.8 Å². The number of rotatable bonds is 7. The summed E-state index contributed by atoms with van der Waals surface area (Å²) >= 11 is 0. The third-order valence-electron chi connectivity index (χ3n) is 3.91. The smallest absolute Gasteiger partial charge is 0.247 e. The molecule has 0 aliphatic carbocycles. The van der Waals surface area contributed by atoms with E-state index in [-0.39, 0.29) is 24.4 Å². The molecule has 1 saturated heterocycles. The molecular weight excluding hydrogens is 252 g/mol. The molecular formula is C16H26N2O2. The Bertz CT molecular complexity index is 415. The summed E-state index contributed by atoms with van der Waals surface area (Å²) in [5, 5.41) is 2.69. The molecule has 0 radical (unpaired) electrons. The van der Waals surface area contributed by atoms with Crippen LogP contribution in [0.15, 0.2) is 24.4 Å². The van der Waals surface area contributed by atoms with Gasteiger partial charge in [-0.25, -0.2) is 0 Å². The lowest BCUT2D eigenvalue weighted by molar-refractivity contribution is -0.132. The largest absolute Gasteiger partial charge is 0.334 e. The van der Waals surface area contributed by atoms with Crippen molar-refractivity contribution in [3.8, 4) is 0 Å². The molecule has 2 atom stereocenters. The van der Waals surface area contributed by atoms with Gasteiger partial charge in [0.25, 0.3) is 0 Å². The number of nitrogens with zero attached hydrogens (tertiary/aromatic N) is 1. The molecule has 0 aromatic carbocycles. The van der Waals surface area contributed by atoms with E-state index in [4.69, 9.17) is 0 Å². The van der Waals surface area contributed by atoms with Gasteiger partial charge in [0.2, 0.25) is 11.8 Å². The van der Waals surface area contributed by atoms with E-state index in [9.17, 15) is 9.59 Å². The first kappa shape index (κ1) is 16.5. The van der Waals surface area contributed by atoms with Crippen molar-refractivity contribution < 1.29 is 9.59 Å². The molecule has 0 aromatic rings. The van der Waals surface area contributed by atoms with E-state index in [1.807, 2.05) is 0 Å². The minimum atomic E-state index is -0.229. The standard InChI is InChI=1S/C16H26N2O2/c1-6-7-8-12(4)14-9-13(5)18(16(14)20)10-17-15(19)11(2)3/h12,14H,2,5-10H2,1,3-4H3,(H,17,19). The van der Waals surface area contributed by atoms with E-state index < -0.39 is 0 Å². The first-order chi connectivity index (χ1) is 9.38. The fourth-order valence-electron chi connectivity index (χ4n) is 2.47. The molecule has 1 N–H and O–H groups in total. The van der Waals surface area contributed by atoms with E-state index in [0.29, 0.717) is 17.9 Å². The highest BCUT2D eigenvalue weighted by molar-refractivity contribution is 5.92. The van der Waals surface area contributed by atoms with E-state index in [1.165, 1.54) is 0 Å². The fourth-order valence-corrected chi connectivity index (χ4v) is 2.47. The van der Waals surface area contributed by atoms with Crippen molar-refractivity contribution in [2.75, 3.05) is 6.67 Å². The number of amides is 2. The second kappa shape index (κ2) is 7.27. The Kier molecular flexibility index (Phi) is 5.99. The Morgan fingerprint density at radius 1 is 1.55 bits per heavy atom. The average Bonchev–Trinajstić information content (AvgIpc) is 2.68. The number of nitrogens with one attached hydrogen (secondary N) is 1. The molecule has 0 bridgehead atoms. The van der Waals surface area contributed by atoms with Gasteiger partial charge in [-0.15, -0.1) is 0 Å². The van der Waals surface area contributed by atoms with Gasteiger partial charge in [-0.05, 0) is 25.7 Å². The van der Waals surface area contributed by atoms with Crippen LogP contribution < -0.4 is 5.32 Å². The molecule has 0 spiro atoms. The SMILES string of the molecule is C=C(C)C(=O)NCN1C(=C)CC(C(C)CCCC)C1=O. The molecule has 0 saturated carbocycles. The van der Waals surface area contributed by atoms with Gasteiger partial charge < -0.3 is 5.32 Å². The highest BCUT2D eigenvalue weighted by Crippen LogP contribution is 2.33. The van der Waals surface area contributed by atoms with Crippen molar-refractivity contribution in [1.82, 2.24) is 10.2 Å². The van der Waals surface area contributed by atoms with Crippen LogP contribution in [-0.2, 0) is 9.59 Å². The maximum atomic E-state index is 12.4. The second-order valence-electron chi connectivity index (χ2n) is 5.71. The molecule has 1 aliphatic heterocycles. The van der Waals surface area contributed by atoms with Gasteiger partial charge in [-0.3, -0.25) is 14.5 Å². The number of hydrogen-bond donors (Lipinski definition) is 1. The number of carbonyl (C=O) groups excluding carboxylic acids is 2. The van der Waals surface area contributed by atoms with Gasteiger partial charge in [0.1, 0.15) is 0 Å². The molecule has 2 amide bonds. The van der Waals surface area contributed by atoms with E-state index >= 15 is 0 Å². The summed E-state index contributed by atoms with van der Waals surface area (Å²) < 4.78 is 0. The minimum Gasteiger partial charge on any atom is -0.334 e. The van der Waals surface area contributed by atoms with E-state index in [2.05, 4.69) is 32.3 Å². The summed E-state index contributed by atoms with van der Waals surface area (Å²) in [6.45, 7) is 13.7. The van der Waals surface area contributed by atoms with Crippen LogP contribution in [0.25, 0.3) is 0 Å². The van der Waals surface area contributed by atoms with Gasteiger partial charge in [0, 0.05) is 17.2 Å². The van der Waals surface area contributed by atoms with Crippen LogP contribution in [-0.4, -0.2) is 23.4 Å². The third kappa shape index (κ3) is 3.95. The highest BCUT2D eigenvalue weighted by Gasteiger charge is 2.37. The van der Waals surface area contributed by atoms with Gasteiger partial charge in [0.05, 0.1) is 6.67 Å². The van der Waals surface area contributed by atoms with Crippen LogP contribution >= 0.6 is 0 Å². The zero-order chi connectivity index (χ0) is 15.3. The van der Waals surface area contributed by atoms with Gasteiger partial charge >= 0.3 is 0 Å². The Balaban J connectivity index is 2.58. The van der Waals surface area contributed by atoms with Crippen molar-refractivity contribution >= 4 is 11.8 Å². The molecule has 1 heterocycles. The number of likely N-dealkylation sites (tertiary alicyclic amines) is 1. The summed E-state index contributed by atoms with van der Waals surface area (Å²) in [5.41, 5.74) is 1.24. The van der Waals surface area contributed by atoms with E-state index in [0.717, 1.165) is 25.0 Å². The molecule has 1 aliphatic rings. The predicted molar refractivity (Wildman–Crippen MR) is 80.6 cm³/mol. The van der Waals surface area contributed by atoms with Crippen molar-refractivity contribution in [3.05, 3.63) is 24.4 Å². The monoisotopic (exact) mass is 278 g/mol. The van der Waals surface area contributed by atoms with Gasteiger partial charge in [0.15, 0.2) is 0 Å². The summed E-state index contributed by atoms with van der Waals surface area (Å²) in [5.74, 6) is 0.227. The van der Waals surface area contributed by atoms with Crippen molar-refractivity contribution in [3.63, 3.8) is 0 Å². The van der Waals surface area contributed by atoms with Gasteiger partial charge in [-0.1, -0.05) is 39.8 Å². The number of hydrogen-bond acceptors (Lipinski definition) is 2. The predicted octanol–water partition coefficient (Wildman–Crippen LogP) is 2.82. The molecule has 1 fully saturated rings. The Morgan fingerprint density at radius 3 is 2.75 bits per heavy atom. The summed E-state index contributed by atoms with van der Waals surface area (Å²) in [7, 11) is 0. The lowest BCUT2D eigenvalue weighted by Gasteiger charge is -2.20. The molecule has 4 nitrogen and oxygen atoms in total. The Hall–Kier alpha value is -1.58. The lowest BCUT2D eigenvalue weighted by Crippen LogP contribution is -2.39. The second-order valence-corrected chi connectivity index (χ2v) is 5.71. The third-order valence-corrected chi connectivity index (χ3v) is 3.91. The Morgan fingerprint density at radius 2 is 2.20 bits per heavy atom. The minimum absolute atomic E-state index is 0.00998. The van der Waals surface area contributed by atoms with Crippen molar-refractivity contribution in [2.45, 2.75) is 46.5 Å². The van der Waals surface area contributed by atoms with Crippen molar-refractivity contribution in [2.24, 2.45) is 11.8 Å². The highest BCUT2D eigenvalue weighted by atomic mass is 16.2. The van der Waals surface area contributed by atoms with Crippen LogP contribution in [0.3, 0.4) is 0 Å². The van der Waals surface area contributed by atoms with Crippen LogP contribution in [0, 0.1) is 11.8 Å². The number of unbranched alkanes of at least 4 members (excludes halogenated alkanes) is 1. The molecule has 112 valence electrons. The molecule has 2 unspecified atom stereocenters. The van der Waals surface area contributed by atoms with Crippen LogP contribution in [0.2, 0.25) is 0 Å². The average molecular weight is 278 g/mol. The Labute approximate surface area is 121 Å². The molecule has 0 aromatic heterocycles. The maximum absolute atomic E-state index is 12.4. The topological polar surface area (TPSA) is 49.4 Å². The van der Waals surface area contributed by atoms with Crippen LogP contribution in [0.1, 0.15) is 46.5 Å². The van der Waals surface area contributed by atoms with Crippen LogP contribution in [0.5, 0.6) is 0 Å². The number of allylic oxidation sites excluding steroid dienone is 1. The summed E-state index contributed by atoms with van der Waals surface area (Å²) in [6.07, 6.45) is 4.05. The summed E-state index contributed by atoms with van der Waals surface area (Å²) in [4.78, 5) is 25.5. The summed E-state index contributed by atoms with van der Waals surface area (Å²) in [6, 6.07) is 0. The zero-order valence-corrected chi connectivity index (χ0v) is 12.9. The molecule has 1 rings (SSSR count). The first-order valence-corrected chi connectivity index (χ1v) is 7.31.